The van der Waals surface area contributed by atoms with Gasteiger partial charge in [-0.25, -0.2) is 8.42 Å². The van der Waals surface area contributed by atoms with Crippen LogP contribution in [0.4, 0.5) is 5.69 Å². The van der Waals surface area contributed by atoms with Crippen molar-refractivity contribution in [2.75, 3.05) is 17.1 Å². The number of halogens is 1. The molecule has 0 aliphatic heterocycles. The molecule has 1 N–H and O–H groups in total. The van der Waals surface area contributed by atoms with Gasteiger partial charge >= 0.3 is 0 Å². The SMILES string of the molecule is Cc1ccccc1N(CC(=O)N(Cc1cccc(Br)c1)[C@@H](C)C(=O)NC(C)C)S(C)(=O)=O. The van der Waals surface area contributed by atoms with E-state index in [1.807, 2.05) is 38.1 Å². The molecule has 2 aromatic carbocycles. The van der Waals surface area contributed by atoms with E-state index in [1.165, 1.54) is 4.90 Å². The zero-order valence-electron chi connectivity index (χ0n) is 19.0. The number of sulfonamides is 1. The van der Waals surface area contributed by atoms with Gasteiger partial charge in [-0.3, -0.25) is 13.9 Å². The number of benzene rings is 2. The van der Waals surface area contributed by atoms with Gasteiger partial charge in [0.1, 0.15) is 12.6 Å². The van der Waals surface area contributed by atoms with E-state index in [-0.39, 0.29) is 18.5 Å². The van der Waals surface area contributed by atoms with Crippen molar-refractivity contribution < 1.29 is 18.0 Å². The van der Waals surface area contributed by atoms with E-state index in [0.29, 0.717) is 5.69 Å². The van der Waals surface area contributed by atoms with Crippen molar-refractivity contribution in [2.24, 2.45) is 0 Å². The maximum atomic E-state index is 13.4. The fourth-order valence-electron chi connectivity index (χ4n) is 3.26. The zero-order valence-corrected chi connectivity index (χ0v) is 21.4. The molecule has 0 aromatic heterocycles. The van der Waals surface area contributed by atoms with Crippen LogP contribution in [0.3, 0.4) is 0 Å². The molecule has 9 heteroatoms. The molecule has 0 aliphatic rings. The van der Waals surface area contributed by atoms with E-state index < -0.39 is 28.5 Å². The first-order valence-corrected chi connectivity index (χ1v) is 12.9. The van der Waals surface area contributed by atoms with Crippen LogP contribution in [0.5, 0.6) is 0 Å². The molecule has 0 unspecified atom stereocenters. The number of anilines is 1. The van der Waals surface area contributed by atoms with Gasteiger partial charge < -0.3 is 10.2 Å². The maximum absolute atomic E-state index is 13.4. The quantitative estimate of drug-likeness (QED) is 0.545. The summed E-state index contributed by atoms with van der Waals surface area (Å²) in [4.78, 5) is 27.6. The molecule has 0 saturated carbocycles. The summed E-state index contributed by atoms with van der Waals surface area (Å²) in [6, 6.07) is 13.5. The Kier molecular flexibility index (Phi) is 8.86. The molecule has 174 valence electrons. The average molecular weight is 524 g/mol. The van der Waals surface area contributed by atoms with Crippen molar-refractivity contribution in [1.82, 2.24) is 10.2 Å². The largest absolute Gasteiger partial charge is 0.352 e. The fraction of sp³-hybridized carbons (Fsp3) is 0.391. The molecular weight excluding hydrogens is 494 g/mol. The van der Waals surface area contributed by atoms with Crippen LogP contribution in [0.1, 0.15) is 31.9 Å². The van der Waals surface area contributed by atoms with E-state index in [9.17, 15) is 18.0 Å². The highest BCUT2D eigenvalue weighted by Gasteiger charge is 2.30. The van der Waals surface area contributed by atoms with Crippen LogP contribution in [0, 0.1) is 6.92 Å². The van der Waals surface area contributed by atoms with Crippen LogP contribution in [-0.2, 0) is 26.2 Å². The summed E-state index contributed by atoms with van der Waals surface area (Å²) in [5.74, 6) is -0.768. The molecule has 2 rings (SSSR count). The Morgan fingerprint density at radius 3 is 2.28 bits per heavy atom. The fourth-order valence-corrected chi connectivity index (χ4v) is 4.61. The molecule has 0 heterocycles. The standard InChI is InChI=1S/C23H30BrN3O4S/c1-16(2)25-23(29)18(4)26(14-19-10-8-11-20(24)13-19)22(28)15-27(32(5,30)31)21-12-7-6-9-17(21)3/h6-13,16,18H,14-15H2,1-5H3,(H,25,29)/t18-/m0/s1. The van der Waals surface area contributed by atoms with Gasteiger partial charge in [-0.1, -0.05) is 46.3 Å². The van der Waals surface area contributed by atoms with Crippen LogP contribution in [0.25, 0.3) is 0 Å². The van der Waals surface area contributed by atoms with Gasteiger partial charge in [0.15, 0.2) is 0 Å². The van der Waals surface area contributed by atoms with Gasteiger partial charge in [-0.05, 0) is 57.0 Å². The third-order valence-electron chi connectivity index (χ3n) is 4.90. The van der Waals surface area contributed by atoms with E-state index >= 15 is 0 Å². The van der Waals surface area contributed by atoms with Crippen LogP contribution >= 0.6 is 15.9 Å². The number of hydrogen-bond donors (Lipinski definition) is 1. The molecule has 0 spiro atoms. The lowest BCUT2D eigenvalue weighted by molar-refractivity contribution is -0.139. The first-order chi connectivity index (χ1) is 14.9. The van der Waals surface area contributed by atoms with Gasteiger partial charge in [0.25, 0.3) is 0 Å². The molecule has 32 heavy (non-hydrogen) atoms. The van der Waals surface area contributed by atoms with E-state index in [2.05, 4.69) is 21.2 Å². The molecule has 2 aromatic rings. The average Bonchev–Trinajstić information content (AvgIpc) is 2.69. The second kappa shape index (κ2) is 11.0. The van der Waals surface area contributed by atoms with Crippen LogP contribution in [0.2, 0.25) is 0 Å². The Labute approximate surface area is 199 Å². The third kappa shape index (κ3) is 7.06. The topological polar surface area (TPSA) is 86.8 Å². The summed E-state index contributed by atoms with van der Waals surface area (Å²) in [7, 11) is -3.74. The number of carbonyl (C=O) groups excluding carboxylic acids is 2. The highest BCUT2D eigenvalue weighted by atomic mass is 79.9. The van der Waals surface area contributed by atoms with Crippen molar-refractivity contribution in [3.8, 4) is 0 Å². The highest BCUT2D eigenvalue weighted by Crippen LogP contribution is 2.23. The first-order valence-electron chi connectivity index (χ1n) is 10.3. The first kappa shape index (κ1) is 25.9. The molecule has 1 atom stereocenters. The van der Waals surface area contributed by atoms with Crippen molar-refractivity contribution >= 4 is 43.5 Å². The van der Waals surface area contributed by atoms with Gasteiger partial charge in [-0.2, -0.15) is 0 Å². The summed E-state index contributed by atoms with van der Waals surface area (Å²) >= 11 is 3.42. The number of para-hydroxylation sites is 1. The van der Waals surface area contributed by atoms with Gasteiger partial charge in [-0.15, -0.1) is 0 Å². The minimum atomic E-state index is -3.74. The summed E-state index contributed by atoms with van der Waals surface area (Å²) < 4.78 is 27.1. The monoisotopic (exact) mass is 523 g/mol. The van der Waals surface area contributed by atoms with E-state index in [0.717, 1.165) is 26.2 Å². The van der Waals surface area contributed by atoms with Crippen LogP contribution in [-0.4, -0.2) is 50.0 Å². The zero-order chi connectivity index (χ0) is 24.1. The normalized spacial score (nSPS) is 12.3. The number of hydrogen-bond acceptors (Lipinski definition) is 4. The molecule has 7 nitrogen and oxygen atoms in total. The molecule has 2 amide bonds. The number of amides is 2. The Hall–Kier alpha value is -2.39. The van der Waals surface area contributed by atoms with Crippen molar-refractivity contribution in [3.63, 3.8) is 0 Å². The number of rotatable bonds is 9. The third-order valence-corrected chi connectivity index (χ3v) is 6.52. The van der Waals surface area contributed by atoms with Crippen LogP contribution in [0.15, 0.2) is 53.0 Å². The van der Waals surface area contributed by atoms with Crippen molar-refractivity contribution in [1.29, 1.82) is 0 Å². The second-order valence-corrected chi connectivity index (χ2v) is 10.9. The summed E-state index contributed by atoms with van der Waals surface area (Å²) in [6.07, 6.45) is 1.07. The predicted octanol–water partition coefficient (Wildman–Crippen LogP) is 3.47. The number of nitrogens with one attached hydrogen (secondary N) is 1. The second-order valence-electron chi connectivity index (χ2n) is 8.05. The van der Waals surface area contributed by atoms with Gasteiger partial charge in [0.05, 0.1) is 11.9 Å². The Morgan fingerprint density at radius 1 is 1.06 bits per heavy atom. The summed E-state index contributed by atoms with van der Waals surface area (Å²) in [5, 5.41) is 2.83. The molecular formula is C23H30BrN3O4S. The maximum Gasteiger partial charge on any atom is 0.244 e. The van der Waals surface area contributed by atoms with Gasteiger partial charge in [0, 0.05) is 17.1 Å². The van der Waals surface area contributed by atoms with Gasteiger partial charge in [0.2, 0.25) is 21.8 Å². The number of aryl methyl sites for hydroxylation is 1. The number of carbonyl (C=O) groups is 2. The molecule has 0 radical (unpaired) electrons. The molecule has 0 bridgehead atoms. The van der Waals surface area contributed by atoms with E-state index in [4.69, 9.17) is 0 Å². The van der Waals surface area contributed by atoms with Crippen molar-refractivity contribution in [3.05, 3.63) is 64.1 Å². The Balaban J connectivity index is 2.40. The lowest BCUT2D eigenvalue weighted by Gasteiger charge is -2.32. The molecule has 0 aliphatic carbocycles. The predicted molar refractivity (Wildman–Crippen MR) is 131 cm³/mol. The summed E-state index contributed by atoms with van der Waals surface area (Å²) in [5.41, 5.74) is 1.98. The smallest absolute Gasteiger partial charge is 0.244 e. The molecule has 0 fully saturated rings. The lowest BCUT2D eigenvalue weighted by atomic mass is 10.1. The number of nitrogens with zero attached hydrogens (tertiary/aromatic N) is 2. The molecule has 0 saturated heterocycles. The minimum absolute atomic E-state index is 0.0905. The van der Waals surface area contributed by atoms with Crippen molar-refractivity contribution in [2.45, 2.75) is 46.3 Å². The van der Waals surface area contributed by atoms with E-state index in [1.54, 1.807) is 38.1 Å². The van der Waals surface area contributed by atoms with Crippen LogP contribution < -0.4 is 9.62 Å². The summed E-state index contributed by atoms with van der Waals surface area (Å²) in [6.45, 7) is 6.87. The Bertz CT molecular complexity index is 1070. The minimum Gasteiger partial charge on any atom is -0.352 e. The lowest BCUT2D eigenvalue weighted by Crippen LogP contribution is -2.52. The highest BCUT2D eigenvalue weighted by molar-refractivity contribution is 9.10. The Morgan fingerprint density at radius 2 is 1.72 bits per heavy atom.